The maximum atomic E-state index is 10.9. The van der Waals surface area contributed by atoms with E-state index in [0.29, 0.717) is 11.1 Å². The van der Waals surface area contributed by atoms with Gasteiger partial charge in [0.25, 0.3) is 0 Å². The maximum absolute atomic E-state index is 10.9. The van der Waals surface area contributed by atoms with E-state index in [9.17, 15) is 9.90 Å². The Bertz CT molecular complexity index is 395. The summed E-state index contributed by atoms with van der Waals surface area (Å²) < 4.78 is 4.43. The fraction of sp³-hybridized carbons (Fsp3) is 0.273. The molecule has 0 amide bonds. The third kappa shape index (κ3) is 2.79. The average Bonchev–Trinajstić information content (AvgIpc) is 2.28. The molecular weight excluding hydrogens is 194 g/mol. The molecule has 0 bridgehead atoms. The van der Waals surface area contributed by atoms with Gasteiger partial charge in [-0.3, -0.25) is 4.79 Å². The Kier molecular flexibility index (Phi) is 3.83. The number of nitriles is 1. The first kappa shape index (κ1) is 11.2. The molecule has 1 aromatic rings. The molecule has 1 N–H and O–H groups in total. The SMILES string of the molecule is COC(=O)C[C@@H](O)c1ccccc1C#N. The van der Waals surface area contributed by atoms with Crippen molar-refractivity contribution in [3.63, 3.8) is 0 Å². The highest BCUT2D eigenvalue weighted by molar-refractivity contribution is 5.70. The van der Waals surface area contributed by atoms with E-state index in [4.69, 9.17) is 5.26 Å². The molecule has 1 aromatic carbocycles. The van der Waals surface area contributed by atoms with Crippen LogP contribution in [-0.4, -0.2) is 18.2 Å². The molecule has 0 aliphatic heterocycles. The van der Waals surface area contributed by atoms with Crippen LogP contribution in [0.5, 0.6) is 0 Å². The predicted octanol–water partition coefficient (Wildman–Crippen LogP) is 1.15. The van der Waals surface area contributed by atoms with Crippen LogP contribution in [0.3, 0.4) is 0 Å². The molecule has 78 valence electrons. The summed E-state index contributed by atoms with van der Waals surface area (Å²) in [6.45, 7) is 0. The third-order valence-corrected chi connectivity index (χ3v) is 2.03. The molecule has 0 fully saturated rings. The van der Waals surface area contributed by atoms with Crippen molar-refractivity contribution < 1.29 is 14.6 Å². The molecule has 0 spiro atoms. The highest BCUT2D eigenvalue weighted by atomic mass is 16.5. The number of nitrogens with zero attached hydrogens (tertiary/aromatic N) is 1. The number of aliphatic hydroxyl groups excluding tert-OH is 1. The second-order valence-corrected chi connectivity index (χ2v) is 3.00. The van der Waals surface area contributed by atoms with Gasteiger partial charge in [-0.15, -0.1) is 0 Å². The molecule has 0 radical (unpaired) electrons. The highest BCUT2D eigenvalue weighted by Crippen LogP contribution is 2.20. The van der Waals surface area contributed by atoms with Gasteiger partial charge >= 0.3 is 5.97 Å². The first-order chi connectivity index (χ1) is 7.19. The second-order valence-electron chi connectivity index (χ2n) is 3.00. The van der Waals surface area contributed by atoms with Gasteiger partial charge < -0.3 is 9.84 Å². The van der Waals surface area contributed by atoms with E-state index in [1.807, 2.05) is 6.07 Å². The fourth-order valence-corrected chi connectivity index (χ4v) is 1.24. The minimum Gasteiger partial charge on any atom is -0.469 e. The lowest BCUT2D eigenvalue weighted by atomic mass is 10.0. The topological polar surface area (TPSA) is 70.3 Å². The molecule has 0 aromatic heterocycles. The standard InChI is InChI=1S/C11H11NO3/c1-15-11(14)6-10(13)9-5-3-2-4-8(9)7-12/h2-5,10,13H,6H2,1H3/t10-/m1/s1. The van der Waals surface area contributed by atoms with Crippen LogP contribution in [0.15, 0.2) is 24.3 Å². The van der Waals surface area contributed by atoms with E-state index in [1.165, 1.54) is 7.11 Å². The van der Waals surface area contributed by atoms with Crippen LogP contribution < -0.4 is 0 Å². The summed E-state index contributed by atoms with van der Waals surface area (Å²) in [6.07, 6.45) is -1.14. The van der Waals surface area contributed by atoms with E-state index in [-0.39, 0.29) is 6.42 Å². The summed E-state index contributed by atoms with van der Waals surface area (Å²) in [7, 11) is 1.26. The number of ether oxygens (including phenoxy) is 1. The molecule has 0 aliphatic rings. The van der Waals surface area contributed by atoms with Crippen molar-refractivity contribution in [1.82, 2.24) is 0 Å². The van der Waals surface area contributed by atoms with Crippen LogP contribution in [0, 0.1) is 11.3 Å². The van der Waals surface area contributed by atoms with Gasteiger partial charge in [-0.05, 0) is 11.6 Å². The van der Waals surface area contributed by atoms with Crippen LogP contribution in [-0.2, 0) is 9.53 Å². The van der Waals surface area contributed by atoms with Crippen molar-refractivity contribution in [2.45, 2.75) is 12.5 Å². The van der Waals surface area contributed by atoms with Gasteiger partial charge in [0.05, 0.1) is 31.3 Å². The average molecular weight is 205 g/mol. The van der Waals surface area contributed by atoms with Crippen LogP contribution in [0.25, 0.3) is 0 Å². The van der Waals surface area contributed by atoms with Crippen molar-refractivity contribution in [2.24, 2.45) is 0 Å². The first-order valence-corrected chi connectivity index (χ1v) is 4.43. The van der Waals surface area contributed by atoms with Crippen LogP contribution in [0.1, 0.15) is 23.7 Å². The largest absolute Gasteiger partial charge is 0.469 e. The number of aliphatic hydroxyl groups is 1. The van der Waals surface area contributed by atoms with E-state index in [2.05, 4.69) is 4.74 Å². The van der Waals surface area contributed by atoms with E-state index in [1.54, 1.807) is 24.3 Å². The number of methoxy groups -OCH3 is 1. The van der Waals surface area contributed by atoms with Gasteiger partial charge in [0.15, 0.2) is 0 Å². The monoisotopic (exact) mass is 205 g/mol. The maximum Gasteiger partial charge on any atom is 0.308 e. The van der Waals surface area contributed by atoms with Crippen molar-refractivity contribution in [1.29, 1.82) is 5.26 Å². The molecule has 0 heterocycles. The van der Waals surface area contributed by atoms with Gasteiger partial charge in [0.2, 0.25) is 0 Å². The van der Waals surface area contributed by atoms with Gasteiger partial charge in [-0.25, -0.2) is 0 Å². The van der Waals surface area contributed by atoms with E-state index < -0.39 is 12.1 Å². The predicted molar refractivity (Wildman–Crippen MR) is 52.7 cm³/mol. The highest BCUT2D eigenvalue weighted by Gasteiger charge is 2.15. The zero-order valence-electron chi connectivity index (χ0n) is 8.30. The Labute approximate surface area is 87.7 Å². The summed E-state index contributed by atoms with van der Waals surface area (Å²) in [5.74, 6) is -0.504. The van der Waals surface area contributed by atoms with Gasteiger partial charge in [-0.1, -0.05) is 18.2 Å². The molecule has 1 atom stereocenters. The summed E-state index contributed by atoms with van der Waals surface area (Å²) in [6, 6.07) is 8.57. The number of carbonyl (C=O) groups excluding carboxylic acids is 1. The minimum atomic E-state index is -0.992. The lowest BCUT2D eigenvalue weighted by Crippen LogP contribution is -2.09. The lowest BCUT2D eigenvalue weighted by molar-refractivity contribution is -0.142. The van der Waals surface area contributed by atoms with Gasteiger partial charge in [0, 0.05) is 0 Å². The fourth-order valence-electron chi connectivity index (χ4n) is 1.24. The Morgan fingerprint density at radius 3 is 2.87 bits per heavy atom. The minimum absolute atomic E-state index is 0.144. The Hall–Kier alpha value is -1.86. The molecule has 15 heavy (non-hydrogen) atoms. The van der Waals surface area contributed by atoms with Crippen molar-refractivity contribution in [3.8, 4) is 6.07 Å². The molecular formula is C11H11NO3. The van der Waals surface area contributed by atoms with Crippen LogP contribution in [0.4, 0.5) is 0 Å². The Morgan fingerprint density at radius 1 is 1.60 bits per heavy atom. The van der Waals surface area contributed by atoms with Crippen molar-refractivity contribution >= 4 is 5.97 Å². The van der Waals surface area contributed by atoms with Gasteiger partial charge in [-0.2, -0.15) is 5.26 Å². The zero-order valence-corrected chi connectivity index (χ0v) is 8.30. The van der Waals surface area contributed by atoms with E-state index in [0.717, 1.165) is 0 Å². The number of carbonyl (C=O) groups is 1. The smallest absolute Gasteiger partial charge is 0.308 e. The number of benzene rings is 1. The summed E-state index contributed by atoms with van der Waals surface area (Å²) in [5, 5.41) is 18.5. The number of hydrogen-bond donors (Lipinski definition) is 1. The quantitative estimate of drug-likeness (QED) is 0.751. The van der Waals surface area contributed by atoms with Crippen LogP contribution >= 0.6 is 0 Å². The summed E-state index contributed by atoms with van der Waals surface area (Å²) in [5.41, 5.74) is 0.819. The van der Waals surface area contributed by atoms with Crippen LogP contribution in [0.2, 0.25) is 0 Å². The normalized spacial score (nSPS) is 11.5. The molecule has 4 nitrogen and oxygen atoms in total. The van der Waals surface area contributed by atoms with E-state index >= 15 is 0 Å². The van der Waals surface area contributed by atoms with Gasteiger partial charge in [0.1, 0.15) is 0 Å². The van der Waals surface area contributed by atoms with Crippen molar-refractivity contribution in [2.75, 3.05) is 7.11 Å². The summed E-state index contributed by atoms with van der Waals surface area (Å²) >= 11 is 0. The Balaban J connectivity index is 2.87. The van der Waals surface area contributed by atoms with Crippen molar-refractivity contribution in [3.05, 3.63) is 35.4 Å². The second kappa shape index (κ2) is 5.13. The lowest BCUT2D eigenvalue weighted by Gasteiger charge is -2.10. The zero-order chi connectivity index (χ0) is 11.3. The number of rotatable bonds is 3. The first-order valence-electron chi connectivity index (χ1n) is 4.43. The molecule has 1 rings (SSSR count). The third-order valence-electron chi connectivity index (χ3n) is 2.03. The Morgan fingerprint density at radius 2 is 2.27 bits per heavy atom. The molecule has 0 saturated carbocycles. The molecule has 0 aliphatic carbocycles. The molecule has 4 heteroatoms. The number of hydrogen-bond acceptors (Lipinski definition) is 4. The molecule has 0 unspecified atom stereocenters. The number of esters is 1. The molecule has 0 saturated heterocycles. The summed E-state index contributed by atoms with van der Waals surface area (Å²) in [4.78, 5) is 10.9.